The quantitative estimate of drug-likeness (QED) is 0.0841. The zero-order valence-corrected chi connectivity index (χ0v) is 25.4. The number of hydrogen-bond donors (Lipinski definition) is 0. The van der Waals surface area contributed by atoms with Crippen molar-refractivity contribution >= 4 is 8.07 Å². The minimum Gasteiger partial charge on any atom is -0.328 e. The summed E-state index contributed by atoms with van der Waals surface area (Å²) >= 11 is 0. The minimum absolute atomic E-state index is 0.906. The third-order valence-electron chi connectivity index (χ3n) is 8.71. The van der Waals surface area contributed by atoms with E-state index in [1.807, 2.05) is 0 Å². The first-order chi connectivity index (χ1) is 15.1. The van der Waals surface area contributed by atoms with E-state index < -0.39 is 8.07 Å². The summed E-state index contributed by atoms with van der Waals surface area (Å²) in [4.78, 5) is 0. The Morgan fingerprint density at radius 3 is 1.12 bits per heavy atom. The average Bonchev–Trinajstić information content (AvgIpc) is 2.70. The second kappa shape index (κ2) is 18.5. The molecule has 0 fully saturated rings. The first-order valence-electron chi connectivity index (χ1n) is 14.9. The van der Waals surface area contributed by atoms with Gasteiger partial charge in [0.2, 0.25) is 0 Å². The highest BCUT2D eigenvalue weighted by molar-refractivity contribution is 6.83. The maximum Gasteiger partial charge on any atom is 0.0782 e. The van der Waals surface area contributed by atoms with Crippen LogP contribution in [0, 0.1) is 0 Å². The Balaban J connectivity index is 3.83. The summed E-state index contributed by atoms with van der Waals surface area (Å²) in [5.74, 6) is 0. The van der Waals surface area contributed by atoms with Gasteiger partial charge in [-0.1, -0.05) is 148 Å². The van der Waals surface area contributed by atoms with Gasteiger partial charge in [0, 0.05) is 0 Å². The molecule has 0 heterocycles. The number of rotatable bonds is 22. The molecule has 0 aliphatic heterocycles. The van der Waals surface area contributed by atoms with Crippen LogP contribution < -0.4 is 0 Å². The van der Waals surface area contributed by atoms with Crippen molar-refractivity contribution in [2.45, 2.75) is 167 Å². The van der Waals surface area contributed by atoms with Crippen LogP contribution in [0.5, 0.6) is 0 Å². The van der Waals surface area contributed by atoms with E-state index in [2.05, 4.69) is 62.6 Å². The van der Waals surface area contributed by atoms with E-state index in [-0.39, 0.29) is 0 Å². The standard InChI is InChI=1S/C30H66NSi/c1-10-11-12-13-14-15-16-17-18-19-20-21-22-23-25-31(8,9)26-24-27-32(28(2)3,29(4)5)30(6)7/h28-30H,10-27H2,1-9H3/q+1. The maximum atomic E-state index is 2.51. The molecule has 0 aliphatic carbocycles. The second-order valence-electron chi connectivity index (χ2n) is 12.7. The molecular formula is C30H66NSi+. The Bertz CT molecular complexity index is 391. The van der Waals surface area contributed by atoms with E-state index in [4.69, 9.17) is 0 Å². The SMILES string of the molecule is CCCCCCCCCCCCCCCC[N+](C)(C)CCC[Si](C(C)C)(C(C)C)C(C)C. The highest BCUT2D eigenvalue weighted by Crippen LogP contribution is 2.45. The molecule has 32 heavy (non-hydrogen) atoms. The summed E-state index contributed by atoms with van der Waals surface area (Å²) < 4.78 is 1.23. The third-order valence-corrected chi connectivity index (χ3v) is 16.4. The summed E-state index contributed by atoms with van der Waals surface area (Å²) in [6, 6.07) is 1.53. The van der Waals surface area contributed by atoms with Crippen LogP contribution >= 0.6 is 0 Å². The van der Waals surface area contributed by atoms with Gasteiger partial charge >= 0.3 is 0 Å². The number of quaternary nitrogens is 1. The lowest BCUT2D eigenvalue weighted by Gasteiger charge is -2.44. The van der Waals surface area contributed by atoms with Crippen molar-refractivity contribution in [3.63, 3.8) is 0 Å². The summed E-state index contributed by atoms with van der Waals surface area (Å²) in [6.45, 7) is 20.1. The molecule has 0 saturated carbocycles. The van der Waals surface area contributed by atoms with Crippen LogP contribution in [0.15, 0.2) is 0 Å². The highest BCUT2D eigenvalue weighted by Gasteiger charge is 2.42. The lowest BCUT2D eigenvalue weighted by molar-refractivity contribution is -0.890. The van der Waals surface area contributed by atoms with Crippen LogP contribution in [0.3, 0.4) is 0 Å². The van der Waals surface area contributed by atoms with Gasteiger partial charge in [-0.25, -0.2) is 0 Å². The van der Waals surface area contributed by atoms with E-state index in [0.29, 0.717) is 0 Å². The molecule has 0 aromatic heterocycles. The molecule has 0 aromatic carbocycles. The van der Waals surface area contributed by atoms with Crippen LogP contribution in [0.4, 0.5) is 0 Å². The second-order valence-corrected chi connectivity index (χ2v) is 18.8. The van der Waals surface area contributed by atoms with Gasteiger partial charge in [-0.15, -0.1) is 0 Å². The van der Waals surface area contributed by atoms with Crippen molar-refractivity contribution in [2.24, 2.45) is 0 Å². The minimum atomic E-state index is -1.21. The van der Waals surface area contributed by atoms with Crippen molar-refractivity contribution in [1.29, 1.82) is 0 Å². The lowest BCUT2D eigenvalue weighted by Crippen LogP contribution is -2.46. The smallest absolute Gasteiger partial charge is 0.0782 e. The fourth-order valence-corrected chi connectivity index (χ4v) is 13.0. The Kier molecular flexibility index (Phi) is 18.6. The molecule has 0 spiro atoms. The Morgan fingerprint density at radius 1 is 0.469 bits per heavy atom. The van der Waals surface area contributed by atoms with Gasteiger partial charge in [0.25, 0.3) is 0 Å². The Labute approximate surface area is 207 Å². The number of unbranched alkanes of at least 4 members (excludes halogenated alkanes) is 13. The normalized spacial score (nSPS) is 13.1. The topological polar surface area (TPSA) is 0 Å². The van der Waals surface area contributed by atoms with Crippen molar-refractivity contribution in [2.75, 3.05) is 27.2 Å². The van der Waals surface area contributed by atoms with Crippen LogP contribution in [0.1, 0.15) is 145 Å². The molecular weight excluding hydrogens is 402 g/mol. The highest BCUT2D eigenvalue weighted by atomic mass is 28.3. The van der Waals surface area contributed by atoms with Gasteiger partial charge in [-0.3, -0.25) is 0 Å². The Morgan fingerprint density at radius 2 is 0.781 bits per heavy atom. The summed E-state index contributed by atoms with van der Waals surface area (Å²) in [5, 5.41) is 0. The molecule has 0 radical (unpaired) electrons. The van der Waals surface area contributed by atoms with Crippen molar-refractivity contribution in [3.8, 4) is 0 Å². The zero-order chi connectivity index (χ0) is 24.5. The van der Waals surface area contributed by atoms with Crippen molar-refractivity contribution in [1.82, 2.24) is 0 Å². The number of hydrogen-bond acceptors (Lipinski definition) is 0. The largest absolute Gasteiger partial charge is 0.328 e. The fraction of sp³-hybridized carbons (Fsp3) is 1.00. The van der Waals surface area contributed by atoms with Gasteiger partial charge in [0.05, 0.1) is 35.3 Å². The van der Waals surface area contributed by atoms with E-state index in [1.165, 1.54) is 120 Å². The molecule has 2 heteroatoms. The van der Waals surface area contributed by atoms with Crippen LogP contribution in [-0.4, -0.2) is 39.7 Å². The first kappa shape index (κ1) is 32.2. The Hall–Kier alpha value is 0.177. The van der Waals surface area contributed by atoms with Gasteiger partial charge in [0.15, 0.2) is 0 Å². The van der Waals surface area contributed by atoms with Crippen molar-refractivity contribution in [3.05, 3.63) is 0 Å². The van der Waals surface area contributed by atoms with Gasteiger partial charge in [-0.05, 0) is 19.3 Å². The van der Waals surface area contributed by atoms with E-state index in [9.17, 15) is 0 Å². The molecule has 0 aliphatic rings. The zero-order valence-electron chi connectivity index (χ0n) is 24.4. The number of nitrogens with zero attached hydrogens (tertiary/aromatic N) is 1. The molecule has 0 bridgehead atoms. The average molecular weight is 469 g/mol. The van der Waals surface area contributed by atoms with Crippen LogP contribution in [0.2, 0.25) is 22.7 Å². The molecule has 0 atom stereocenters. The summed E-state index contributed by atoms with van der Waals surface area (Å²) in [6.07, 6.45) is 21.8. The first-order valence-corrected chi connectivity index (χ1v) is 17.4. The molecule has 0 unspecified atom stereocenters. The van der Waals surface area contributed by atoms with Gasteiger partial charge in [0.1, 0.15) is 0 Å². The molecule has 1 nitrogen and oxygen atoms in total. The predicted octanol–water partition coefficient (Wildman–Crippen LogP) is 10.6. The lowest BCUT2D eigenvalue weighted by atomic mass is 10.0. The molecule has 0 amide bonds. The molecule has 0 N–H and O–H groups in total. The summed E-state index contributed by atoms with van der Waals surface area (Å²) in [5.41, 5.74) is 2.72. The van der Waals surface area contributed by atoms with Gasteiger partial charge in [-0.2, -0.15) is 0 Å². The van der Waals surface area contributed by atoms with Crippen LogP contribution in [-0.2, 0) is 0 Å². The summed E-state index contributed by atoms with van der Waals surface area (Å²) in [7, 11) is 3.74. The van der Waals surface area contributed by atoms with Gasteiger partial charge < -0.3 is 4.48 Å². The third kappa shape index (κ3) is 13.8. The monoisotopic (exact) mass is 468 g/mol. The van der Waals surface area contributed by atoms with Crippen LogP contribution in [0.25, 0.3) is 0 Å². The van der Waals surface area contributed by atoms with E-state index in [1.54, 1.807) is 0 Å². The molecule has 0 aromatic rings. The van der Waals surface area contributed by atoms with E-state index in [0.717, 1.165) is 16.6 Å². The molecule has 0 rings (SSSR count). The predicted molar refractivity (Wildman–Crippen MR) is 153 cm³/mol. The van der Waals surface area contributed by atoms with E-state index >= 15 is 0 Å². The molecule has 0 saturated heterocycles. The molecule has 194 valence electrons. The maximum absolute atomic E-state index is 2.51. The fourth-order valence-electron chi connectivity index (χ4n) is 6.53. The van der Waals surface area contributed by atoms with Crippen molar-refractivity contribution < 1.29 is 4.48 Å².